The lowest BCUT2D eigenvalue weighted by Gasteiger charge is -2.09. The van der Waals surface area contributed by atoms with Crippen LogP contribution in [0.2, 0.25) is 0 Å². The van der Waals surface area contributed by atoms with E-state index in [9.17, 15) is 8.42 Å². The van der Waals surface area contributed by atoms with E-state index in [1.807, 2.05) is 13.0 Å². The van der Waals surface area contributed by atoms with Gasteiger partial charge in [-0.2, -0.15) is 0 Å². The average Bonchev–Trinajstić information content (AvgIpc) is 2.32. The number of aromatic nitrogens is 1. The zero-order chi connectivity index (χ0) is 14.0. The monoisotopic (exact) mass is 276 g/mol. The van der Waals surface area contributed by atoms with E-state index in [1.54, 1.807) is 37.5 Å². The number of benzene rings is 1. The van der Waals surface area contributed by atoms with Crippen molar-refractivity contribution in [2.75, 3.05) is 5.73 Å². The van der Waals surface area contributed by atoms with E-state index in [0.717, 1.165) is 5.56 Å². The zero-order valence-electron chi connectivity index (χ0n) is 10.9. The Kier molecular flexibility index (Phi) is 3.57. The number of hydrogen-bond acceptors (Lipinski definition) is 4. The van der Waals surface area contributed by atoms with Crippen LogP contribution in [-0.4, -0.2) is 13.4 Å². The normalized spacial score (nSPS) is 11.5. The van der Waals surface area contributed by atoms with Gasteiger partial charge in [-0.15, -0.1) is 0 Å². The minimum atomic E-state index is -3.40. The Hall–Kier alpha value is -1.88. The fourth-order valence-electron chi connectivity index (χ4n) is 1.96. The third-order valence-corrected chi connectivity index (χ3v) is 4.78. The summed E-state index contributed by atoms with van der Waals surface area (Å²) in [7, 11) is -3.40. The van der Waals surface area contributed by atoms with Crippen LogP contribution in [0.4, 0.5) is 5.69 Å². The minimum Gasteiger partial charge on any atom is -0.398 e. The van der Waals surface area contributed by atoms with E-state index < -0.39 is 9.84 Å². The topological polar surface area (TPSA) is 73.0 Å². The lowest BCUT2D eigenvalue weighted by Crippen LogP contribution is -2.08. The molecule has 2 N–H and O–H groups in total. The smallest absolute Gasteiger partial charge is 0.182 e. The van der Waals surface area contributed by atoms with Crippen molar-refractivity contribution >= 4 is 15.5 Å². The van der Waals surface area contributed by atoms with Gasteiger partial charge in [0.25, 0.3) is 0 Å². The van der Waals surface area contributed by atoms with Crippen molar-refractivity contribution in [3.8, 4) is 0 Å². The van der Waals surface area contributed by atoms with E-state index in [0.29, 0.717) is 16.8 Å². The van der Waals surface area contributed by atoms with Crippen LogP contribution < -0.4 is 5.73 Å². The molecule has 1 aromatic heterocycles. The molecule has 19 heavy (non-hydrogen) atoms. The van der Waals surface area contributed by atoms with Gasteiger partial charge in [-0.3, -0.25) is 4.98 Å². The van der Waals surface area contributed by atoms with Crippen LogP contribution in [0.15, 0.2) is 41.6 Å². The van der Waals surface area contributed by atoms with Crippen LogP contribution in [0.1, 0.15) is 16.7 Å². The Morgan fingerprint density at radius 2 is 1.95 bits per heavy atom. The molecule has 0 fully saturated rings. The molecule has 0 unspecified atom stereocenters. The minimum absolute atomic E-state index is 0.0635. The second kappa shape index (κ2) is 5.01. The van der Waals surface area contributed by atoms with Crippen molar-refractivity contribution in [3.05, 3.63) is 53.3 Å². The summed E-state index contributed by atoms with van der Waals surface area (Å²) < 4.78 is 24.8. The van der Waals surface area contributed by atoms with Crippen LogP contribution in [0, 0.1) is 13.8 Å². The van der Waals surface area contributed by atoms with Crippen LogP contribution in [0.25, 0.3) is 0 Å². The van der Waals surface area contributed by atoms with Crippen molar-refractivity contribution in [1.29, 1.82) is 0 Å². The summed E-state index contributed by atoms with van der Waals surface area (Å²) >= 11 is 0. The molecule has 0 amide bonds. The van der Waals surface area contributed by atoms with Crippen LogP contribution in [0.5, 0.6) is 0 Å². The van der Waals surface area contributed by atoms with E-state index in [4.69, 9.17) is 5.73 Å². The molecule has 0 aliphatic carbocycles. The predicted molar refractivity (Wildman–Crippen MR) is 75.5 cm³/mol. The first-order valence-electron chi connectivity index (χ1n) is 5.88. The van der Waals surface area contributed by atoms with Gasteiger partial charge in [0.1, 0.15) is 0 Å². The van der Waals surface area contributed by atoms with Crippen molar-refractivity contribution in [1.82, 2.24) is 4.98 Å². The number of anilines is 1. The highest BCUT2D eigenvalue weighted by Crippen LogP contribution is 2.23. The summed E-state index contributed by atoms with van der Waals surface area (Å²) in [6.45, 7) is 3.60. The maximum absolute atomic E-state index is 12.4. The average molecular weight is 276 g/mol. The first-order chi connectivity index (χ1) is 8.90. The molecule has 5 heteroatoms. The van der Waals surface area contributed by atoms with E-state index in [-0.39, 0.29) is 10.6 Å². The van der Waals surface area contributed by atoms with Crippen molar-refractivity contribution in [3.63, 3.8) is 0 Å². The SMILES string of the molecule is Cc1cncc(CS(=O)(=O)c2cccc(N)c2C)c1. The second-order valence-corrected chi connectivity index (χ2v) is 6.56. The maximum Gasteiger partial charge on any atom is 0.182 e. The quantitative estimate of drug-likeness (QED) is 0.873. The molecule has 4 nitrogen and oxygen atoms in total. The number of sulfone groups is 1. The molecule has 2 rings (SSSR count). The highest BCUT2D eigenvalue weighted by atomic mass is 32.2. The van der Waals surface area contributed by atoms with Gasteiger partial charge in [-0.05, 0) is 42.7 Å². The molecule has 0 saturated heterocycles. The lowest BCUT2D eigenvalue weighted by atomic mass is 10.2. The molecule has 100 valence electrons. The molecule has 1 heterocycles. The van der Waals surface area contributed by atoms with Gasteiger partial charge in [-0.1, -0.05) is 12.1 Å². The highest BCUT2D eigenvalue weighted by Gasteiger charge is 2.18. The third-order valence-electron chi connectivity index (χ3n) is 2.95. The summed E-state index contributed by atoms with van der Waals surface area (Å²) in [6, 6.07) is 6.77. The molecule has 0 aliphatic rings. The van der Waals surface area contributed by atoms with Crippen molar-refractivity contribution in [2.45, 2.75) is 24.5 Å². The van der Waals surface area contributed by atoms with Gasteiger partial charge in [0.15, 0.2) is 9.84 Å². The first-order valence-corrected chi connectivity index (χ1v) is 7.54. The number of rotatable bonds is 3. The standard InChI is InChI=1S/C14H16N2O2S/c1-10-6-12(8-16-7-10)9-19(17,18)14-5-3-4-13(15)11(14)2/h3-8H,9,15H2,1-2H3. The summed E-state index contributed by atoms with van der Waals surface area (Å²) in [5.41, 5.74) is 8.47. The number of nitrogens with two attached hydrogens (primary N) is 1. The molecule has 0 bridgehead atoms. The van der Waals surface area contributed by atoms with E-state index >= 15 is 0 Å². The van der Waals surface area contributed by atoms with Gasteiger partial charge < -0.3 is 5.73 Å². The number of nitrogen functional groups attached to an aromatic ring is 1. The first kappa shape index (κ1) is 13.5. The van der Waals surface area contributed by atoms with E-state index in [1.165, 1.54) is 0 Å². The Morgan fingerprint density at radius 3 is 2.63 bits per heavy atom. The van der Waals surface area contributed by atoms with Crippen LogP contribution >= 0.6 is 0 Å². The summed E-state index contributed by atoms with van der Waals surface area (Å²) in [5, 5.41) is 0. The fraction of sp³-hybridized carbons (Fsp3) is 0.214. The third kappa shape index (κ3) is 2.93. The number of pyridine rings is 1. The Balaban J connectivity index is 2.41. The lowest BCUT2D eigenvalue weighted by molar-refractivity contribution is 0.594. The van der Waals surface area contributed by atoms with Gasteiger partial charge >= 0.3 is 0 Å². The summed E-state index contributed by atoms with van der Waals surface area (Å²) in [6.07, 6.45) is 3.27. The van der Waals surface area contributed by atoms with Crippen molar-refractivity contribution < 1.29 is 8.42 Å². The van der Waals surface area contributed by atoms with E-state index in [2.05, 4.69) is 4.98 Å². The maximum atomic E-state index is 12.4. The molecule has 0 spiro atoms. The highest BCUT2D eigenvalue weighted by molar-refractivity contribution is 7.90. The van der Waals surface area contributed by atoms with Gasteiger partial charge in [0.2, 0.25) is 0 Å². The van der Waals surface area contributed by atoms with Gasteiger partial charge in [0, 0.05) is 18.1 Å². The van der Waals surface area contributed by atoms with Crippen LogP contribution in [0.3, 0.4) is 0 Å². The molecular formula is C14H16N2O2S. The Bertz CT molecular complexity index is 709. The Labute approximate surface area is 113 Å². The summed E-state index contributed by atoms with van der Waals surface area (Å²) in [5.74, 6) is -0.0635. The molecule has 0 saturated carbocycles. The predicted octanol–water partition coefficient (Wildman–Crippen LogP) is 2.25. The molecule has 0 radical (unpaired) electrons. The number of aryl methyl sites for hydroxylation is 1. The molecule has 0 aliphatic heterocycles. The van der Waals surface area contributed by atoms with Crippen LogP contribution in [-0.2, 0) is 15.6 Å². The van der Waals surface area contributed by atoms with Gasteiger partial charge in [0.05, 0.1) is 10.6 Å². The van der Waals surface area contributed by atoms with Crippen molar-refractivity contribution in [2.24, 2.45) is 0 Å². The zero-order valence-corrected chi connectivity index (χ0v) is 11.7. The molecule has 2 aromatic rings. The number of hydrogen-bond donors (Lipinski definition) is 1. The second-order valence-electron chi connectivity index (χ2n) is 4.60. The Morgan fingerprint density at radius 1 is 1.21 bits per heavy atom. The largest absolute Gasteiger partial charge is 0.398 e. The fourth-order valence-corrected chi connectivity index (χ4v) is 3.58. The summed E-state index contributed by atoms with van der Waals surface area (Å²) in [4.78, 5) is 4.30. The molecule has 1 aromatic carbocycles. The van der Waals surface area contributed by atoms with Gasteiger partial charge in [-0.25, -0.2) is 8.42 Å². The molecule has 0 atom stereocenters. The number of nitrogens with zero attached hydrogens (tertiary/aromatic N) is 1. The molecular weight excluding hydrogens is 260 g/mol.